The summed E-state index contributed by atoms with van der Waals surface area (Å²) in [5, 5.41) is 4.92. The fourth-order valence-corrected chi connectivity index (χ4v) is 3.38. The number of nitrogens with one attached hydrogen (secondary N) is 2. The van der Waals surface area contributed by atoms with Crippen molar-refractivity contribution in [1.82, 2.24) is 19.9 Å². The van der Waals surface area contributed by atoms with Crippen molar-refractivity contribution in [1.29, 1.82) is 0 Å². The van der Waals surface area contributed by atoms with Gasteiger partial charge in [0, 0.05) is 17.1 Å². The number of nitrogens with zero attached hydrogens (tertiary/aromatic N) is 2. The third kappa shape index (κ3) is 3.32. The van der Waals surface area contributed by atoms with Crippen LogP contribution in [0.15, 0.2) is 33.2 Å². The predicted molar refractivity (Wildman–Crippen MR) is 102 cm³/mol. The highest BCUT2D eigenvalue weighted by molar-refractivity contribution is 7.09. The maximum atomic E-state index is 12.8. The van der Waals surface area contributed by atoms with Crippen LogP contribution < -0.4 is 16.6 Å². The van der Waals surface area contributed by atoms with Crippen molar-refractivity contribution in [2.75, 3.05) is 0 Å². The Morgan fingerprint density at radius 3 is 2.77 bits per heavy atom. The first-order valence-electron chi connectivity index (χ1n) is 8.40. The molecule has 3 rings (SSSR count). The molecule has 1 amide bonds. The van der Waals surface area contributed by atoms with Gasteiger partial charge in [0.2, 0.25) is 0 Å². The zero-order chi connectivity index (χ0) is 18.8. The maximum absolute atomic E-state index is 12.8. The summed E-state index contributed by atoms with van der Waals surface area (Å²) in [5.41, 5.74) is 0.0144. The number of aromatic amines is 1. The molecule has 2 N–H and O–H groups in total. The molecule has 0 radical (unpaired) electrons. The van der Waals surface area contributed by atoms with Crippen molar-refractivity contribution >= 4 is 28.3 Å². The Hall–Kier alpha value is -2.74. The van der Waals surface area contributed by atoms with Crippen LogP contribution in [0.3, 0.4) is 0 Å². The molecule has 0 unspecified atom stereocenters. The largest absolute Gasteiger partial charge is 0.347 e. The molecule has 0 aliphatic carbocycles. The summed E-state index contributed by atoms with van der Waals surface area (Å²) < 4.78 is 1.37. The Morgan fingerprint density at radius 2 is 2.15 bits per heavy atom. The van der Waals surface area contributed by atoms with Crippen LogP contribution in [-0.2, 0) is 13.1 Å². The van der Waals surface area contributed by atoms with E-state index in [1.54, 1.807) is 24.3 Å². The number of carbonyl (C=O) groups is 1. The number of hydrogen-bond acceptors (Lipinski definition) is 5. The summed E-state index contributed by atoms with van der Waals surface area (Å²) in [5.74, 6) is -0.317. The number of carbonyl (C=O) groups excluding carboxylic acids is 1. The molecule has 0 fully saturated rings. The lowest BCUT2D eigenvalue weighted by Gasteiger charge is -2.14. The number of H-pyrrole nitrogens is 1. The van der Waals surface area contributed by atoms with Gasteiger partial charge in [-0.05, 0) is 30.4 Å². The van der Waals surface area contributed by atoms with Crippen LogP contribution in [-0.4, -0.2) is 20.4 Å². The van der Waals surface area contributed by atoms with E-state index in [-0.39, 0.29) is 28.4 Å². The van der Waals surface area contributed by atoms with Gasteiger partial charge in [0.05, 0.1) is 17.5 Å². The number of amides is 1. The van der Waals surface area contributed by atoms with Gasteiger partial charge >= 0.3 is 5.69 Å². The molecular formula is C18H20N4O3S. The SMILES string of the molecule is CCn1c(=O)[nH]c(=O)c2c(C(=O)NCc3cccs3)cc(C(C)C)nc21. The second-order valence-corrected chi connectivity index (χ2v) is 7.25. The van der Waals surface area contributed by atoms with Crippen LogP contribution in [0.4, 0.5) is 0 Å². The molecule has 0 atom stereocenters. The monoisotopic (exact) mass is 372 g/mol. The van der Waals surface area contributed by atoms with E-state index >= 15 is 0 Å². The minimum atomic E-state index is -0.598. The van der Waals surface area contributed by atoms with E-state index in [1.165, 1.54) is 4.57 Å². The van der Waals surface area contributed by atoms with Crippen LogP contribution in [0.25, 0.3) is 11.0 Å². The van der Waals surface area contributed by atoms with Crippen molar-refractivity contribution in [3.63, 3.8) is 0 Å². The second-order valence-electron chi connectivity index (χ2n) is 6.21. The number of pyridine rings is 1. The molecule has 0 aromatic carbocycles. The Morgan fingerprint density at radius 1 is 1.38 bits per heavy atom. The molecule has 0 aliphatic heterocycles. The molecular weight excluding hydrogens is 352 g/mol. The molecule has 3 heterocycles. The molecule has 3 aromatic rings. The van der Waals surface area contributed by atoms with Gasteiger partial charge in [-0.15, -0.1) is 11.3 Å². The first kappa shape index (κ1) is 18.1. The van der Waals surface area contributed by atoms with Crippen LogP contribution >= 0.6 is 11.3 Å². The lowest BCUT2D eigenvalue weighted by atomic mass is 10.0. The van der Waals surface area contributed by atoms with Gasteiger partial charge in [-0.2, -0.15) is 0 Å². The molecule has 7 nitrogen and oxygen atoms in total. The molecule has 0 spiro atoms. The van der Waals surface area contributed by atoms with E-state index in [0.717, 1.165) is 4.88 Å². The highest BCUT2D eigenvalue weighted by Crippen LogP contribution is 2.20. The third-order valence-corrected chi connectivity index (χ3v) is 5.00. The summed E-state index contributed by atoms with van der Waals surface area (Å²) in [6.07, 6.45) is 0. The standard InChI is InChI=1S/C18H20N4O3S/c1-4-22-15-14(17(24)21-18(22)25)12(8-13(20-15)10(2)3)16(23)19-9-11-6-5-7-26-11/h5-8,10H,4,9H2,1-3H3,(H,19,23)(H,21,24,25). The fraction of sp³-hybridized carbons (Fsp3) is 0.333. The Kier molecular flexibility index (Phi) is 5.03. The molecule has 0 saturated carbocycles. The lowest BCUT2D eigenvalue weighted by molar-refractivity contribution is 0.0952. The molecule has 0 aliphatic rings. The summed E-state index contributed by atoms with van der Waals surface area (Å²) in [6.45, 7) is 6.41. The minimum absolute atomic E-state index is 0.0444. The quantitative estimate of drug-likeness (QED) is 0.718. The molecule has 136 valence electrons. The Balaban J connectivity index is 2.17. The highest BCUT2D eigenvalue weighted by atomic mass is 32.1. The number of thiophene rings is 1. The number of aromatic nitrogens is 3. The summed E-state index contributed by atoms with van der Waals surface area (Å²) >= 11 is 1.54. The molecule has 26 heavy (non-hydrogen) atoms. The van der Waals surface area contributed by atoms with E-state index in [2.05, 4.69) is 15.3 Å². The van der Waals surface area contributed by atoms with E-state index < -0.39 is 11.2 Å². The molecule has 0 bridgehead atoms. The van der Waals surface area contributed by atoms with Gasteiger partial charge in [0.15, 0.2) is 5.65 Å². The van der Waals surface area contributed by atoms with Gasteiger partial charge < -0.3 is 5.32 Å². The van der Waals surface area contributed by atoms with Crippen molar-refractivity contribution in [2.24, 2.45) is 0 Å². The third-order valence-electron chi connectivity index (χ3n) is 4.12. The van der Waals surface area contributed by atoms with Gasteiger partial charge in [0.25, 0.3) is 11.5 Å². The highest BCUT2D eigenvalue weighted by Gasteiger charge is 2.20. The summed E-state index contributed by atoms with van der Waals surface area (Å²) in [4.78, 5) is 45.1. The fourth-order valence-electron chi connectivity index (χ4n) is 2.74. The average Bonchev–Trinajstić information content (AvgIpc) is 3.12. The molecule has 8 heteroatoms. The Bertz CT molecular complexity index is 1060. The second kappa shape index (κ2) is 7.25. The van der Waals surface area contributed by atoms with Crippen molar-refractivity contribution < 1.29 is 4.79 Å². The number of fused-ring (bicyclic) bond motifs is 1. The van der Waals surface area contributed by atoms with Gasteiger partial charge in [-0.1, -0.05) is 19.9 Å². The number of aryl methyl sites for hydroxylation is 1. The zero-order valence-corrected chi connectivity index (χ0v) is 15.6. The normalized spacial score (nSPS) is 11.2. The van der Waals surface area contributed by atoms with Crippen LogP contribution in [0.2, 0.25) is 0 Å². The van der Waals surface area contributed by atoms with Gasteiger partial charge in [-0.3, -0.25) is 19.1 Å². The molecule has 3 aromatic heterocycles. The van der Waals surface area contributed by atoms with E-state index in [0.29, 0.717) is 18.8 Å². The predicted octanol–water partition coefficient (Wildman–Crippen LogP) is 2.22. The first-order chi connectivity index (χ1) is 12.4. The average molecular weight is 372 g/mol. The Labute approximate surface area is 153 Å². The lowest BCUT2D eigenvalue weighted by Crippen LogP contribution is -2.33. The van der Waals surface area contributed by atoms with E-state index in [1.807, 2.05) is 31.4 Å². The van der Waals surface area contributed by atoms with Crippen LogP contribution in [0.5, 0.6) is 0 Å². The van der Waals surface area contributed by atoms with E-state index in [4.69, 9.17) is 0 Å². The van der Waals surface area contributed by atoms with Crippen molar-refractivity contribution in [3.05, 3.63) is 60.6 Å². The topological polar surface area (TPSA) is 96.9 Å². The molecule has 0 saturated heterocycles. The van der Waals surface area contributed by atoms with Gasteiger partial charge in [0.1, 0.15) is 0 Å². The smallest absolute Gasteiger partial charge is 0.329 e. The van der Waals surface area contributed by atoms with Gasteiger partial charge in [-0.25, -0.2) is 9.78 Å². The van der Waals surface area contributed by atoms with Crippen molar-refractivity contribution in [2.45, 2.75) is 39.8 Å². The summed E-state index contributed by atoms with van der Waals surface area (Å²) in [6, 6.07) is 5.47. The van der Waals surface area contributed by atoms with Crippen LogP contribution in [0, 0.1) is 0 Å². The summed E-state index contributed by atoms with van der Waals surface area (Å²) in [7, 11) is 0. The van der Waals surface area contributed by atoms with Crippen LogP contribution in [0.1, 0.15) is 47.6 Å². The van der Waals surface area contributed by atoms with E-state index in [9.17, 15) is 14.4 Å². The first-order valence-corrected chi connectivity index (χ1v) is 9.28. The number of hydrogen-bond donors (Lipinski definition) is 2. The minimum Gasteiger partial charge on any atom is -0.347 e. The van der Waals surface area contributed by atoms with Crippen molar-refractivity contribution in [3.8, 4) is 0 Å². The number of rotatable bonds is 5. The maximum Gasteiger partial charge on any atom is 0.329 e. The zero-order valence-electron chi connectivity index (χ0n) is 14.8.